The lowest BCUT2D eigenvalue weighted by Crippen LogP contribution is -2.40. The molecule has 5 nitrogen and oxygen atoms in total. The Kier molecular flexibility index (Phi) is 3.09. The molecule has 0 bridgehead atoms. The molecule has 0 fully saturated rings. The van der Waals surface area contributed by atoms with Gasteiger partial charge in [0.2, 0.25) is 0 Å². The van der Waals surface area contributed by atoms with Gasteiger partial charge < -0.3 is 10.4 Å². The SMILES string of the molecule is CC(C)(C)c1ccc2c(c1)S(=O)(=O)C(C(=O)O)CN2. The van der Waals surface area contributed by atoms with Crippen LogP contribution in [0.4, 0.5) is 5.69 Å². The molecule has 0 spiro atoms. The van der Waals surface area contributed by atoms with Crippen LogP contribution < -0.4 is 5.32 Å². The third kappa shape index (κ3) is 2.32. The quantitative estimate of drug-likeness (QED) is 0.818. The van der Waals surface area contributed by atoms with E-state index in [2.05, 4.69) is 5.32 Å². The first-order valence-electron chi connectivity index (χ1n) is 5.99. The van der Waals surface area contributed by atoms with Gasteiger partial charge in [-0.3, -0.25) is 4.79 Å². The summed E-state index contributed by atoms with van der Waals surface area (Å²) in [6.07, 6.45) is 0. The Bertz CT molecular complexity index is 629. The minimum Gasteiger partial charge on any atom is -0.480 e. The second-order valence-corrected chi connectivity index (χ2v) is 7.81. The average molecular weight is 283 g/mol. The van der Waals surface area contributed by atoms with Gasteiger partial charge in [0.05, 0.1) is 10.6 Å². The van der Waals surface area contributed by atoms with Crippen molar-refractivity contribution in [2.24, 2.45) is 0 Å². The number of benzene rings is 1. The van der Waals surface area contributed by atoms with E-state index in [1.807, 2.05) is 26.8 Å². The minimum atomic E-state index is -3.83. The van der Waals surface area contributed by atoms with Gasteiger partial charge in [-0.2, -0.15) is 0 Å². The van der Waals surface area contributed by atoms with Crippen LogP contribution in [0, 0.1) is 0 Å². The lowest BCUT2D eigenvalue weighted by Gasteiger charge is -2.26. The summed E-state index contributed by atoms with van der Waals surface area (Å²) in [5.74, 6) is -1.32. The summed E-state index contributed by atoms with van der Waals surface area (Å²) in [4.78, 5) is 11.1. The maximum absolute atomic E-state index is 12.3. The molecule has 1 atom stereocenters. The second-order valence-electron chi connectivity index (χ2n) is 5.71. The van der Waals surface area contributed by atoms with Crippen molar-refractivity contribution in [1.29, 1.82) is 0 Å². The van der Waals surface area contributed by atoms with E-state index in [1.54, 1.807) is 12.1 Å². The van der Waals surface area contributed by atoms with Crippen LogP contribution in [0.15, 0.2) is 23.1 Å². The summed E-state index contributed by atoms with van der Waals surface area (Å²) < 4.78 is 24.6. The maximum atomic E-state index is 12.3. The average Bonchev–Trinajstić information content (AvgIpc) is 2.26. The summed E-state index contributed by atoms with van der Waals surface area (Å²) in [6.45, 7) is 5.84. The van der Waals surface area contributed by atoms with Crippen molar-refractivity contribution < 1.29 is 18.3 Å². The first-order valence-corrected chi connectivity index (χ1v) is 7.54. The van der Waals surface area contributed by atoms with Crippen molar-refractivity contribution >= 4 is 21.5 Å². The molecule has 0 amide bonds. The van der Waals surface area contributed by atoms with Crippen LogP contribution in [-0.2, 0) is 20.0 Å². The van der Waals surface area contributed by atoms with Crippen molar-refractivity contribution in [3.63, 3.8) is 0 Å². The van der Waals surface area contributed by atoms with Gasteiger partial charge in [-0.1, -0.05) is 26.8 Å². The summed E-state index contributed by atoms with van der Waals surface area (Å²) >= 11 is 0. The molecule has 0 aliphatic carbocycles. The summed E-state index contributed by atoms with van der Waals surface area (Å²) in [7, 11) is -3.83. The molecule has 19 heavy (non-hydrogen) atoms. The molecule has 1 aliphatic rings. The highest BCUT2D eigenvalue weighted by molar-refractivity contribution is 7.93. The first kappa shape index (κ1) is 13.9. The topological polar surface area (TPSA) is 83.5 Å². The van der Waals surface area contributed by atoms with Crippen LogP contribution in [0.1, 0.15) is 26.3 Å². The molecule has 1 unspecified atom stereocenters. The number of hydrogen-bond donors (Lipinski definition) is 2. The molecule has 1 heterocycles. The maximum Gasteiger partial charge on any atom is 0.324 e. The zero-order chi connectivity index (χ0) is 14.4. The Morgan fingerprint density at radius 2 is 2.00 bits per heavy atom. The molecule has 2 N–H and O–H groups in total. The molecule has 6 heteroatoms. The van der Waals surface area contributed by atoms with E-state index in [9.17, 15) is 13.2 Å². The van der Waals surface area contributed by atoms with Gasteiger partial charge in [0, 0.05) is 6.54 Å². The number of carboxylic acids is 1. The van der Waals surface area contributed by atoms with Gasteiger partial charge in [0.25, 0.3) is 0 Å². The molecule has 0 radical (unpaired) electrons. The van der Waals surface area contributed by atoms with Crippen LogP contribution in [0.5, 0.6) is 0 Å². The van der Waals surface area contributed by atoms with Gasteiger partial charge >= 0.3 is 5.97 Å². The number of aliphatic carboxylic acids is 1. The Labute approximate surface area is 112 Å². The van der Waals surface area contributed by atoms with Crippen LogP contribution in [0.25, 0.3) is 0 Å². The fourth-order valence-corrected chi connectivity index (χ4v) is 3.67. The highest BCUT2D eigenvalue weighted by Crippen LogP contribution is 2.34. The molecule has 1 aromatic rings. The van der Waals surface area contributed by atoms with Crippen molar-refractivity contribution in [2.75, 3.05) is 11.9 Å². The van der Waals surface area contributed by atoms with Crippen LogP contribution in [-0.4, -0.2) is 31.3 Å². The smallest absolute Gasteiger partial charge is 0.324 e. The lowest BCUT2D eigenvalue weighted by molar-refractivity contribution is -0.136. The molecule has 104 valence electrons. The number of nitrogens with one attached hydrogen (secondary N) is 1. The van der Waals surface area contributed by atoms with Crippen LogP contribution >= 0.6 is 0 Å². The fourth-order valence-electron chi connectivity index (χ4n) is 2.06. The van der Waals surface area contributed by atoms with Crippen molar-refractivity contribution in [1.82, 2.24) is 0 Å². The zero-order valence-corrected chi connectivity index (χ0v) is 11.9. The van der Waals surface area contributed by atoms with E-state index in [0.29, 0.717) is 5.69 Å². The zero-order valence-electron chi connectivity index (χ0n) is 11.1. The van der Waals surface area contributed by atoms with Gasteiger partial charge in [-0.15, -0.1) is 0 Å². The number of fused-ring (bicyclic) bond motifs is 1. The minimum absolute atomic E-state index is 0.0820. The van der Waals surface area contributed by atoms with E-state index >= 15 is 0 Å². The van der Waals surface area contributed by atoms with E-state index < -0.39 is 21.1 Å². The molecule has 1 aliphatic heterocycles. The number of carboxylic acid groups (broad SMARTS) is 1. The second kappa shape index (κ2) is 4.23. The van der Waals surface area contributed by atoms with Gasteiger partial charge in [-0.05, 0) is 23.1 Å². The molecule has 0 saturated carbocycles. The van der Waals surface area contributed by atoms with Crippen molar-refractivity contribution in [3.8, 4) is 0 Å². The monoisotopic (exact) mass is 283 g/mol. The Morgan fingerprint density at radius 1 is 1.37 bits per heavy atom. The summed E-state index contributed by atoms with van der Waals surface area (Å²) in [6, 6.07) is 5.14. The first-order chi connectivity index (χ1) is 8.64. The third-order valence-corrected chi connectivity index (χ3v) is 5.35. The fraction of sp³-hybridized carbons (Fsp3) is 0.462. The van der Waals surface area contributed by atoms with Crippen LogP contribution in [0.3, 0.4) is 0 Å². The molecule has 1 aromatic carbocycles. The number of carbonyl (C=O) groups is 1. The van der Waals surface area contributed by atoms with E-state index in [-0.39, 0.29) is 16.9 Å². The van der Waals surface area contributed by atoms with E-state index in [1.165, 1.54) is 0 Å². The van der Waals surface area contributed by atoms with Gasteiger partial charge in [0.1, 0.15) is 0 Å². The predicted octanol–water partition coefficient (Wildman–Crippen LogP) is 1.64. The molecular weight excluding hydrogens is 266 g/mol. The van der Waals surface area contributed by atoms with Crippen molar-refractivity contribution in [2.45, 2.75) is 36.3 Å². The van der Waals surface area contributed by atoms with Crippen LogP contribution in [0.2, 0.25) is 0 Å². The normalized spacial score (nSPS) is 21.3. The Morgan fingerprint density at radius 3 is 2.53 bits per heavy atom. The molecule has 0 aromatic heterocycles. The summed E-state index contributed by atoms with van der Waals surface area (Å²) in [5, 5.41) is 10.5. The number of anilines is 1. The molecule has 2 rings (SSSR count). The van der Waals surface area contributed by atoms with Crippen molar-refractivity contribution in [3.05, 3.63) is 23.8 Å². The largest absolute Gasteiger partial charge is 0.480 e. The van der Waals surface area contributed by atoms with E-state index in [4.69, 9.17) is 5.11 Å². The Hall–Kier alpha value is -1.56. The summed E-state index contributed by atoms with van der Waals surface area (Å²) in [5.41, 5.74) is 1.15. The highest BCUT2D eigenvalue weighted by Gasteiger charge is 2.39. The highest BCUT2D eigenvalue weighted by atomic mass is 32.2. The number of hydrogen-bond acceptors (Lipinski definition) is 4. The van der Waals surface area contributed by atoms with Gasteiger partial charge in [0.15, 0.2) is 15.1 Å². The lowest BCUT2D eigenvalue weighted by atomic mass is 9.87. The standard InChI is InChI=1S/C13H17NO4S/c1-13(2,3)8-4-5-9-10(6-8)19(17,18)11(7-14-9)12(15)16/h4-6,11,14H,7H2,1-3H3,(H,15,16). The molecule has 0 saturated heterocycles. The predicted molar refractivity (Wildman–Crippen MR) is 72.2 cm³/mol. The van der Waals surface area contributed by atoms with Gasteiger partial charge in [-0.25, -0.2) is 8.42 Å². The molecular formula is C13H17NO4S. The third-order valence-electron chi connectivity index (χ3n) is 3.28. The Balaban J connectivity index is 2.61. The number of sulfone groups is 1. The van der Waals surface area contributed by atoms with E-state index in [0.717, 1.165) is 5.56 Å². The number of rotatable bonds is 1.